The van der Waals surface area contributed by atoms with Crippen molar-refractivity contribution in [1.82, 2.24) is 0 Å². The fourth-order valence-electron chi connectivity index (χ4n) is 1.30. The van der Waals surface area contributed by atoms with Crippen molar-refractivity contribution >= 4 is 5.69 Å². The van der Waals surface area contributed by atoms with Crippen LogP contribution in [-0.2, 0) is 0 Å². The van der Waals surface area contributed by atoms with Crippen LogP contribution in [0.2, 0.25) is 0 Å². The van der Waals surface area contributed by atoms with Gasteiger partial charge >= 0.3 is 0 Å². The number of anilines is 1. The summed E-state index contributed by atoms with van der Waals surface area (Å²) in [5.74, 6) is 0. The Hall–Kier alpha value is -1.90. The zero-order valence-electron chi connectivity index (χ0n) is 8.71. The second-order valence-corrected chi connectivity index (χ2v) is 3.10. The number of rotatable bonds is 5. The monoisotopic (exact) mass is 203 g/mol. The fourth-order valence-corrected chi connectivity index (χ4v) is 1.30. The van der Waals surface area contributed by atoms with E-state index < -0.39 is 0 Å². The third-order valence-electron chi connectivity index (χ3n) is 2.05. The van der Waals surface area contributed by atoms with E-state index >= 15 is 0 Å². The molecule has 1 aromatic carbocycles. The van der Waals surface area contributed by atoms with Crippen molar-refractivity contribution in [2.45, 2.75) is 0 Å². The SMILES string of the molecule is NC=CCN(CC=CN)c1ccccc1. The summed E-state index contributed by atoms with van der Waals surface area (Å²) < 4.78 is 0. The van der Waals surface area contributed by atoms with E-state index in [9.17, 15) is 0 Å². The minimum atomic E-state index is 0.783. The molecule has 0 aliphatic heterocycles. The van der Waals surface area contributed by atoms with E-state index in [1.165, 1.54) is 0 Å². The Morgan fingerprint density at radius 3 is 1.93 bits per heavy atom. The second-order valence-electron chi connectivity index (χ2n) is 3.10. The molecule has 3 nitrogen and oxygen atoms in total. The smallest absolute Gasteiger partial charge is 0.0379 e. The van der Waals surface area contributed by atoms with Gasteiger partial charge < -0.3 is 16.4 Å². The number of benzene rings is 1. The Morgan fingerprint density at radius 1 is 0.933 bits per heavy atom. The molecule has 4 N–H and O–H groups in total. The van der Waals surface area contributed by atoms with Crippen molar-refractivity contribution in [2.24, 2.45) is 11.5 Å². The van der Waals surface area contributed by atoms with E-state index in [0.29, 0.717) is 0 Å². The van der Waals surface area contributed by atoms with Gasteiger partial charge in [-0.1, -0.05) is 18.2 Å². The van der Waals surface area contributed by atoms with E-state index in [4.69, 9.17) is 11.5 Å². The first-order valence-electron chi connectivity index (χ1n) is 4.92. The average molecular weight is 203 g/mol. The largest absolute Gasteiger partial charge is 0.405 e. The lowest BCUT2D eigenvalue weighted by molar-refractivity contribution is 0.950. The summed E-state index contributed by atoms with van der Waals surface area (Å²) in [6, 6.07) is 10.2. The van der Waals surface area contributed by atoms with Gasteiger partial charge in [-0.05, 0) is 36.7 Å². The Bertz CT molecular complexity index is 303. The maximum absolute atomic E-state index is 5.33. The minimum Gasteiger partial charge on any atom is -0.405 e. The third kappa shape index (κ3) is 3.77. The van der Waals surface area contributed by atoms with Gasteiger partial charge in [-0.15, -0.1) is 0 Å². The maximum Gasteiger partial charge on any atom is 0.0379 e. The summed E-state index contributed by atoms with van der Waals surface area (Å²) in [5, 5.41) is 0. The molecule has 0 saturated carbocycles. The predicted octanol–water partition coefficient (Wildman–Crippen LogP) is 1.44. The summed E-state index contributed by atoms with van der Waals surface area (Å²) in [6.45, 7) is 1.57. The first kappa shape index (κ1) is 11.2. The molecule has 15 heavy (non-hydrogen) atoms. The van der Waals surface area contributed by atoms with Gasteiger partial charge in [0.2, 0.25) is 0 Å². The van der Waals surface area contributed by atoms with Gasteiger partial charge in [0, 0.05) is 18.8 Å². The van der Waals surface area contributed by atoms with Gasteiger partial charge in [-0.3, -0.25) is 0 Å². The number of hydrogen-bond donors (Lipinski definition) is 2. The van der Waals surface area contributed by atoms with Crippen molar-refractivity contribution in [3.63, 3.8) is 0 Å². The van der Waals surface area contributed by atoms with Crippen molar-refractivity contribution < 1.29 is 0 Å². The Morgan fingerprint density at radius 2 is 1.47 bits per heavy atom. The normalized spacial score (nSPS) is 11.2. The maximum atomic E-state index is 5.33. The summed E-state index contributed by atoms with van der Waals surface area (Å²) in [5.41, 5.74) is 11.8. The fraction of sp³-hybridized carbons (Fsp3) is 0.167. The van der Waals surface area contributed by atoms with Gasteiger partial charge in [-0.25, -0.2) is 0 Å². The summed E-state index contributed by atoms with van der Waals surface area (Å²) in [6.07, 6.45) is 6.94. The molecule has 0 heterocycles. The molecule has 3 heteroatoms. The van der Waals surface area contributed by atoms with Gasteiger partial charge in [0.05, 0.1) is 0 Å². The first-order chi connectivity index (χ1) is 7.38. The van der Waals surface area contributed by atoms with Crippen LogP contribution in [0, 0.1) is 0 Å². The standard InChI is InChI=1S/C12H17N3/c13-8-4-10-15(11-5-9-14)12-6-2-1-3-7-12/h1-9H,10-11,13-14H2. The van der Waals surface area contributed by atoms with Crippen LogP contribution in [0.3, 0.4) is 0 Å². The predicted molar refractivity (Wildman–Crippen MR) is 65.3 cm³/mol. The second kappa shape index (κ2) is 6.54. The Labute approximate surface area is 90.7 Å². The highest BCUT2D eigenvalue weighted by Gasteiger charge is 2.00. The van der Waals surface area contributed by atoms with Crippen LogP contribution in [-0.4, -0.2) is 13.1 Å². The highest BCUT2D eigenvalue weighted by atomic mass is 15.1. The lowest BCUT2D eigenvalue weighted by Crippen LogP contribution is -2.23. The minimum absolute atomic E-state index is 0.783. The van der Waals surface area contributed by atoms with Crippen LogP contribution >= 0.6 is 0 Å². The number of nitrogens with zero attached hydrogens (tertiary/aromatic N) is 1. The Kier molecular flexibility index (Phi) is 4.87. The van der Waals surface area contributed by atoms with Crippen LogP contribution in [0.25, 0.3) is 0 Å². The lowest BCUT2D eigenvalue weighted by Gasteiger charge is -2.21. The van der Waals surface area contributed by atoms with E-state index in [1.54, 1.807) is 12.4 Å². The van der Waals surface area contributed by atoms with E-state index in [-0.39, 0.29) is 0 Å². The summed E-state index contributed by atoms with van der Waals surface area (Å²) in [4.78, 5) is 2.17. The molecule has 0 amide bonds. The summed E-state index contributed by atoms with van der Waals surface area (Å²) in [7, 11) is 0. The van der Waals surface area contributed by atoms with E-state index in [2.05, 4.69) is 17.0 Å². The Balaban J connectivity index is 2.71. The average Bonchev–Trinajstić information content (AvgIpc) is 2.30. The molecule has 0 fully saturated rings. The highest BCUT2D eigenvalue weighted by molar-refractivity contribution is 5.47. The zero-order chi connectivity index (χ0) is 10.9. The van der Waals surface area contributed by atoms with Gasteiger partial charge in [-0.2, -0.15) is 0 Å². The highest BCUT2D eigenvalue weighted by Crippen LogP contribution is 2.12. The molecule has 0 radical (unpaired) electrons. The molecular weight excluding hydrogens is 186 g/mol. The molecule has 0 aliphatic carbocycles. The van der Waals surface area contributed by atoms with Crippen LogP contribution in [0.5, 0.6) is 0 Å². The van der Waals surface area contributed by atoms with E-state index in [0.717, 1.165) is 18.8 Å². The number of hydrogen-bond acceptors (Lipinski definition) is 3. The van der Waals surface area contributed by atoms with Crippen molar-refractivity contribution in [3.8, 4) is 0 Å². The zero-order valence-corrected chi connectivity index (χ0v) is 8.71. The molecule has 0 aromatic heterocycles. The molecule has 0 atom stereocenters. The number of nitrogens with two attached hydrogens (primary N) is 2. The van der Waals surface area contributed by atoms with Gasteiger partial charge in [0.1, 0.15) is 0 Å². The van der Waals surface area contributed by atoms with Crippen LogP contribution in [0.1, 0.15) is 0 Å². The van der Waals surface area contributed by atoms with Crippen molar-refractivity contribution in [3.05, 3.63) is 54.9 Å². The van der Waals surface area contributed by atoms with Crippen molar-refractivity contribution in [2.75, 3.05) is 18.0 Å². The lowest BCUT2D eigenvalue weighted by atomic mass is 10.3. The molecule has 0 aliphatic rings. The van der Waals surface area contributed by atoms with Crippen molar-refractivity contribution in [1.29, 1.82) is 0 Å². The topological polar surface area (TPSA) is 55.3 Å². The molecule has 0 saturated heterocycles. The molecule has 0 bridgehead atoms. The third-order valence-corrected chi connectivity index (χ3v) is 2.05. The molecule has 80 valence electrons. The quantitative estimate of drug-likeness (QED) is 0.761. The summed E-state index contributed by atoms with van der Waals surface area (Å²) >= 11 is 0. The molecule has 1 rings (SSSR count). The van der Waals surface area contributed by atoms with Crippen LogP contribution in [0.15, 0.2) is 54.9 Å². The van der Waals surface area contributed by atoms with Crippen LogP contribution in [0.4, 0.5) is 5.69 Å². The molecule has 1 aromatic rings. The van der Waals surface area contributed by atoms with Gasteiger partial charge in [0.25, 0.3) is 0 Å². The van der Waals surface area contributed by atoms with Gasteiger partial charge in [0.15, 0.2) is 0 Å². The number of para-hydroxylation sites is 1. The van der Waals surface area contributed by atoms with Crippen LogP contribution < -0.4 is 16.4 Å². The van der Waals surface area contributed by atoms with E-state index in [1.807, 2.05) is 30.4 Å². The molecule has 0 spiro atoms. The first-order valence-corrected chi connectivity index (χ1v) is 4.92. The molecule has 0 unspecified atom stereocenters. The molecular formula is C12H17N3.